The molecule has 7 nitrogen and oxygen atoms in total. The van der Waals surface area contributed by atoms with Crippen LogP contribution in [-0.2, 0) is 0 Å². The Kier molecular flexibility index (Phi) is 3.49. The van der Waals surface area contributed by atoms with E-state index in [0.29, 0.717) is 12.0 Å². The quantitative estimate of drug-likeness (QED) is 0.777. The minimum Gasteiger partial charge on any atom is -0.346 e. The first-order valence-corrected chi connectivity index (χ1v) is 8.00. The highest BCUT2D eigenvalue weighted by atomic mass is 15.3. The van der Waals surface area contributed by atoms with Gasteiger partial charge in [-0.15, -0.1) is 0 Å². The predicted molar refractivity (Wildman–Crippen MR) is 89.9 cm³/mol. The Morgan fingerprint density at radius 3 is 2.91 bits per heavy atom. The number of nitrogens with one attached hydrogen (secondary N) is 2. The first-order valence-electron chi connectivity index (χ1n) is 8.00. The van der Waals surface area contributed by atoms with E-state index in [0.717, 1.165) is 48.3 Å². The third kappa shape index (κ3) is 2.79. The maximum Gasteiger partial charge on any atom is 0.229 e. The lowest BCUT2D eigenvalue weighted by Gasteiger charge is -2.28. The average molecular weight is 311 g/mol. The van der Waals surface area contributed by atoms with Crippen LogP contribution in [0.4, 0.5) is 11.6 Å². The first kappa shape index (κ1) is 14.2. The van der Waals surface area contributed by atoms with Crippen LogP contribution in [0.5, 0.6) is 0 Å². The van der Waals surface area contributed by atoms with E-state index in [4.69, 9.17) is 0 Å². The summed E-state index contributed by atoms with van der Waals surface area (Å²) in [7, 11) is 2.17. The molecule has 1 fully saturated rings. The predicted octanol–water partition coefficient (Wildman–Crippen LogP) is 2.47. The maximum atomic E-state index is 4.51. The van der Waals surface area contributed by atoms with Crippen molar-refractivity contribution in [2.24, 2.45) is 0 Å². The number of aromatic amines is 1. The van der Waals surface area contributed by atoms with Gasteiger partial charge in [-0.05, 0) is 46.0 Å². The molecule has 3 aromatic rings. The zero-order valence-corrected chi connectivity index (χ0v) is 13.5. The number of hydrogen-bond acceptors (Lipinski definition) is 5. The summed E-state index contributed by atoms with van der Waals surface area (Å²) in [6.45, 7) is 4.24. The van der Waals surface area contributed by atoms with Gasteiger partial charge in [0.1, 0.15) is 5.65 Å². The van der Waals surface area contributed by atoms with Crippen LogP contribution in [0.3, 0.4) is 0 Å². The average Bonchev–Trinajstić information content (AvgIpc) is 3.17. The van der Waals surface area contributed by atoms with E-state index in [2.05, 4.69) is 42.0 Å². The smallest absolute Gasteiger partial charge is 0.229 e. The van der Waals surface area contributed by atoms with Gasteiger partial charge in [-0.3, -0.25) is 4.68 Å². The molecule has 0 aromatic carbocycles. The summed E-state index contributed by atoms with van der Waals surface area (Å²) in [5.41, 5.74) is 2.73. The Balaban J connectivity index is 1.52. The van der Waals surface area contributed by atoms with Crippen LogP contribution >= 0.6 is 0 Å². The molecule has 0 bridgehead atoms. The van der Waals surface area contributed by atoms with E-state index >= 15 is 0 Å². The minimum atomic E-state index is 0.482. The third-order valence-corrected chi connectivity index (χ3v) is 4.53. The zero-order valence-electron chi connectivity index (χ0n) is 13.5. The molecular weight excluding hydrogens is 290 g/mol. The number of nitrogens with zero attached hydrogens (tertiary/aromatic N) is 5. The van der Waals surface area contributed by atoms with Crippen molar-refractivity contribution >= 4 is 22.7 Å². The fourth-order valence-electron chi connectivity index (χ4n) is 3.14. The Labute approximate surface area is 134 Å². The number of piperidine rings is 1. The number of anilines is 2. The molecule has 0 atom stereocenters. The van der Waals surface area contributed by atoms with Gasteiger partial charge in [0.05, 0.1) is 23.6 Å². The highest BCUT2D eigenvalue weighted by Crippen LogP contribution is 2.23. The molecule has 23 heavy (non-hydrogen) atoms. The maximum absolute atomic E-state index is 4.51. The molecule has 7 heteroatoms. The van der Waals surface area contributed by atoms with Crippen LogP contribution in [0.2, 0.25) is 0 Å². The molecule has 1 saturated heterocycles. The number of H-pyrrole nitrogens is 1. The fraction of sp³-hybridized carbons (Fsp3) is 0.438. The molecule has 0 radical (unpaired) electrons. The lowest BCUT2D eigenvalue weighted by Crippen LogP contribution is -2.31. The Morgan fingerprint density at radius 2 is 2.09 bits per heavy atom. The van der Waals surface area contributed by atoms with Crippen molar-refractivity contribution in [3.05, 3.63) is 30.4 Å². The largest absolute Gasteiger partial charge is 0.346 e. The van der Waals surface area contributed by atoms with Crippen molar-refractivity contribution in [2.75, 3.05) is 25.5 Å². The zero-order chi connectivity index (χ0) is 15.8. The van der Waals surface area contributed by atoms with E-state index in [1.807, 2.05) is 31.6 Å². The number of aryl methyl sites for hydroxylation is 1. The Morgan fingerprint density at radius 1 is 1.26 bits per heavy atom. The third-order valence-electron chi connectivity index (χ3n) is 4.53. The van der Waals surface area contributed by atoms with Gasteiger partial charge in [0.25, 0.3) is 0 Å². The summed E-state index contributed by atoms with van der Waals surface area (Å²) in [5, 5.41) is 8.82. The SMILES string of the molecule is Cc1nc(Nc2cnn(C3CCN(C)CC3)c2)nc2[nH]ccc12. The molecule has 120 valence electrons. The normalized spacial score (nSPS) is 17.0. The van der Waals surface area contributed by atoms with Crippen LogP contribution in [0.15, 0.2) is 24.7 Å². The van der Waals surface area contributed by atoms with Crippen LogP contribution in [0.1, 0.15) is 24.6 Å². The van der Waals surface area contributed by atoms with Crippen LogP contribution in [0.25, 0.3) is 11.0 Å². The molecule has 0 aliphatic carbocycles. The molecule has 4 rings (SSSR count). The number of aromatic nitrogens is 5. The second kappa shape index (κ2) is 5.66. The molecule has 0 saturated carbocycles. The van der Waals surface area contributed by atoms with Crippen LogP contribution in [-0.4, -0.2) is 49.8 Å². The van der Waals surface area contributed by atoms with Gasteiger partial charge >= 0.3 is 0 Å². The molecule has 0 unspecified atom stereocenters. The van der Waals surface area contributed by atoms with Gasteiger partial charge in [0, 0.05) is 17.8 Å². The van der Waals surface area contributed by atoms with Crippen molar-refractivity contribution in [1.82, 2.24) is 29.6 Å². The Bertz CT molecular complexity index is 811. The van der Waals surface area contributed by atoms with Gasteiger partial charge in [-0.2, -0.15) is 10.1 Å². The molecule has 2 N–H and O–H groups in total. The number of rotatable bonds is 3. The van der Waals surface area contributed by atoms with Crippen molar-refractivity contribution in [3.8, 4) is 0 Å². The second-order valence-electron chi connectivity index (χ2n) is 6.24. The summed E-state index contributed by atoms with van der Waals surface area (Å²) >= 11 is 0. The van der Waals surface area contributed by atoms with Crippen molar-refractivity contribution in [3.63, 3.8) is 0 Å². The number of likely N-dealkylation sites (tertiary alicyclic amines) is 1. The van der Waals surface area contributed by atoms with E-state index in [9.17, 15) is 0 Å². The van der Waals surface area contributed by atoms with Gasteiger partial charge in [0.15, 0.2) is 0 Å². The standard InChI is InChI=1S/C16H21N7/c1-11-14-3-6-17-15(14)21-16(19-11)20-12-9-18-23(10-12)13-4-7-22(2)8-5-13/h3,6,9-10,13H,4-5,7-8H2,1-2H3,(H2,17,19,20,21). The summed E-state index contributed by atoms with van der Waals surface area (Å²) in [4.78, 5) is 14.5. The molecule has 4 heterocycles. The van der Waals surface area contributed by atoms with Crippen LogP contribution < -0.4 is 5.32 Å². The summed E-state index contributed by atoms with van der Waals surface area (Å²) < 4.78 is 2.06. The highest BCUT2D eigenvalue weighted by Gasteiger charge is 2.19. The molecular formula is C16H21N7. The molecule has 1 aliphatic heterocycles. The van der Waals surface area contributed by atoms with Crippen molar-refractivity contribution in [2.45, 2.75) is 25.8 Å². The van der Waals surface area contributed by atoms with Gasteiger partial charge in [0.2, 0.25) is 5.95 Å². The molecule has 0 spiro atoms. The lowest BCUT2D eigenvalue weighted by atomic mass is 10.1. The van der Waals surface area contributed by atoms with Gasteiger partial charge < -0.3 is 15.2 Å². The van der Waals surface area contributed by atoms with Gasteiger partial charge in [-0.25, -0.2) is 4.98 Å². The van der Waals surface area contributed by atoms with E-state index in [-0.39, 0.29) is 0 Å². The van der Waals surface area contributed by atoms with E-state index in [1.54, 1.807) is 0 Å². The van der Waals surface area contributed by atoms with Crippen molar-refractivity contribution in [1.29, 1.82) is 0 Å². The molecule has 3 aromatic heterocycles. The van der Waals surface area contributed by atoms with E-state index < -0.39 is 0 Å². The highest BCUT2D eigenvalue weighted by molar-refractivity contribution is 5.79. The summed E-state index contributed by atoms with van der Waals surface area (Å²) in [6, 6.07) is 2.47. The fourth-order valence-corrected chi connectivity index (χ4v) is 3.14. The van der Waals surface area contributed by atoms with Crippen LogP contribution in [0, 0.1) is 6.92 Å². The van der Waals surface area contributed by atoms with Crippen molar-refractivity contribution < 1.29 is 0 Å². The second-order valence-corrected chi connectivity index (χ2v) is 6.24. The molecule has 1 aliphatic rings. The number of hydrogen-bond donors (Lipinski definition) is 2. The summed E-state index contributed by atoms with van der Waals surface area (Å²) in [6.07, 6.45) is 8.06. The monoisotopic (exact) mass is 311 g/mol. The summed E-state index contributed by atoms with van der Waals surface area (Å²) in [5.74, 6) is 0.598. The van der Waals surface area contributed by atoms with Gasteiger partial charge in [-0.1, -0.05) is 0 Å². The first-order chi connectivity index (χ1) is 11.2. The Hall–Kier alpha value is -2.41. The topological polar surface area (TPSA) is 74.7 Å². The lowest BCUT2D eigenvalue weighted by molar-refractivity contribution is 0.212. The number of fused-ring (bicyclic) bond motifs is 1. The van der Waals surface area contributed by atoms with E-state index in [1.165, 1.54) is 0 Å². The minimum absolute atomic E-state index is 0.482. The molecule has 0 amide bonds.